The molecule has 1 heterocycles. The zero-order valence-electron chi connectivity index (χ0n) is 10.2. The first kappa shape index (κ1) is 13.3. The van der Waals surface area contributed by atoms with Gasteiger partial charge in [-0.15, -0.1) is 0 Å². The van der Waals surface area contributed by atoms with Gasteiger partial charge < -0.3 is 14.7 Å². The monoisotopic (exact) mass is 264 g/mol. The van der Waals surface area contributed by atoms with Crippen molar-refractivity contribution in [2.45, 2.75) is 12.5 Å². The second-order valence-electron chi connectivity index (χ2n) is 4.31. The number of rotatable bonds is 3. The highest BCUT2D eigenvalue weighted by molar-refractivity contribution is 5.67. The normalized spacial score (nSPS) is 18.9. The maximum Gasteiger partial charge on any atom is 0.306 e. The molecule has 0 radical (unpaired) electrons. The summed E-state index contributed by atoms with van der Waals surface area (Å²) in [7, 11) is 0. The summed E-state index contributed by atoms with van der Waals surface area (Å²) in [5.74, 6) is -1.41. The Hall–Kier alpha value is -2.13. The van der Waals surface area contributed by atoms with Crippen LogP contribution in [0.2, 0.25) is 0 Å². The van der Waals surface area contributed by atoms with Gasteiger partial charge in [-0.25, -0.2) is 4.39 Å². The third-order valence-electron chi connectivity index (χ3n) is 2.96. The number of carbonyl (C=O) groups is 1. The number of carboxylic acids is 1. The van der Waals surface area contributed by atoms with Crippen LogP contribution in [-0.2, 0) is 9.53 Å². The Morgan fingerprint density at radius 3 is 3.05 bits per heavy atom. The maximum atomic E-state index is 13.9. The molecule has 5 nitrogen and oxygen atoms in total. The smallest absolute Gasteiger partial charge is 0.306 e. The number of morpholine rings is 1. The first-order valence-electron chi connectivity index (χ1n) is 5.88. The van der Waals surface area contributed by atoms with Crippen molar-refractivity contribution in [1.82, 2.24) is 0 Å². The molecule has 1 atom stereocenters. The van der Waals surface area contributed by atoms with E-state index in [2.05, 4.69) is 0 Å². The predicted molar refractivity (Wildman–Crippen MR) is 65.3 cm³/mol. The van der Waals surface area contributed by atoms with Crippen LogP contribution in [0.4, 0.5) is 10.1 Å². The Bertz CT molecular complexity index is 527. The van der Waals surface area contributed by atoms with Gasteiger partial charge in [0, 0.05) is 13.1 Å². The van der Waals surface area contributed by atoms with E-state index in [4.69, 9.17) is 15.1 Å². The average Bonchev–Trinajstić information content (AvgIpc) is 2.38. The molecule has 19 heavy (non-hydrogen) atoms. The van der Waals surface area contributed by atoms with Gasteiger partial charge in [0.2, 0.25) is 0 Å². The summed E-state index contributed by atoms with van der Waals surface area (Å²) in [5, 5.41) is 17.4. The van der Waals surface area contributed by atoms with Crippen LogP contribution in [0.25, 0.3) is 0 Å². The molecule has 1 N–H and O–H groups in total. The minimum absolute atomic E-state index is 0.103. The van der Waals surface area contributed by atoms with E-state index in [0.717, 1.165) is 0 Å². The van der Waals surface area contributed by atoms with Gasteiger partial charge in [-0.1, -0.05) is 0 Å². The zero-order chi connectivity index (χ0) is 13.8. The minimum Gasteiger partial charge on any atom is -0.481 e. The summed E-state index contributed by atoms with van der Waals surface area (Å²) in [5.41, 5.74) is 0.634. The van der Waals surface area contributed by atoms with E-state index in [1.165, 1.54) is 12.1 Å². The van der Waals surface area contributed by atoms with E-state index in [1.54, 1.807) is 11.0 Å². The number of benzene rings is 1. The predicted octanol–water partition coefficient (Wildman–Crippen LogP) is 1.38. The lowest BCUT2D eigenvalue weighted by Crippen LogP contribution is -2.43. The Balaban J connectivity index is 2.13. The van der Waals surface area contributed by atoms with Gasteiger partial charge in [0.25, 0.3) is 0 Å². The number of anilines is 1. The molecule has 6 heteroatoms. The van der Waals surface area contributed by atoms with Crippen molar-refractivity contribution in [3.8, 4) is 6.07 Å². The lowest BCUT2D eigenvalue weighted by molar-refractivity contribution is -0.140. The molecule has 1 aromatic carbocycles. The Morgan fingerprint density at radius 1 is 1.63 bits per heavy atom. The molecule has 0 spiro atoms. The zero-order valence-corrected chi connectivity index (χ0v) is 10.2. The number of halogens is 1. The largest absolute Gasteiger partial charge is 0.481 e. The molecular formula is C13H13FN2O3. The van der Waals surface area contributed by atoms with Gasteiger partial charge in [0.05, 0.1) is 36.5 Å². The molecule has 1 aromatic rings. The fourth-order valence-electron chi connectivity index (χ4n) is 2.09. The van der Waals surface area contributed by atoms with Crippen molar-refractivity contribution in [2.75, 3.05) is 24.6 Å². The van der Waals surface area contributed by atoms with Crippen LogP contribution in [0.3, 0.4) is 0 Å². The quantitative estimate of drug-likeness (QED) is 0.892. The number of hydrogen-bond acceptors (Lipinski definition) is 4. The lowest BCUT2D eigenvalue weighted by Gasteiger charge is -2.34. The minimum atomic E-state index is -0.938. The Morgan fingerprint density at radius 2 is 2.42 bits per heavy atom. The second-order valence-corrected chi connectivity index (χ2v) is 4.31. The van der Waals surface area contributed by atoms with Crippen LogP contribution < -0.4 is 4.90 Å². The molecule has 0 aliphatic carbocycles. The number of carboxylic acid groups (broad SMARTS) is 1. The van der Waals surface area contributed by atoms with E-state index in [1.807, 2.05) is 6.07 Å². The fraction of sp³-hybridized carbons (Fsp3) is 0.385. The molecule has 0 saturated carbocycles. The first-order chi connectivity index (χ1) is 9.10. The van der Waals surface area contributed by atoms with Crippen LogP contribution in [0.1, 0.15) is 12.0 Å². The highest BCUT2D eigenvalue weighted by Crippen LogP contribution is 2.23. The number of nitriles is 1. The molecule has 1 aliphatic heterocycles. The van der Waals surface area contributed by atoms with Gasteiger partial charge in [0.1, 0.15) is 5.82 Å². The van der Waals surface area contributed by atoms with Gasteiger partial charge in [-0.3, -0.25) is 4.79 Å². The number of ether oxygens (including phenoxy) is 1. The summed E-state index contributed by atoms with van der Waals surface area (Å²) in [6, 6.07) is 6.13. The summed E-state index contributed by atoms with van der Waals surface area (Å²) in [6.45, 7) is 1.19. The van der Waals surface area contributed by atoms with E-state index in [0.29, 0.717) is 25.4 Å². The molecular weight excluding hydrogens is 251 g/mol. The Kier molecular flexibility index (Phi) is 3.97. The van der Waals surface area contributed by atoms with Gasteiger partial charge in [-0.05, 0) is 18.2 Å². The van der Waals surface area contributed by atoms with Crippen LogP contribution in [-0.4, -0.2) is 36.9 Å². The van der Waals surface area contributed by atoms with Crippen molar-refractivity contribution in [3.63, 3.8) is 0 Å². The highest BCUT2D eigenvalue weighted by atomic mass is 19.1. The standard InChI is InChI=1S/C13H13FN2O3/c14-11-5-9(7-15)1-2-12(11)16-3-4-19-10(8-16)6-13(17)18/h1-2,5,10H,3-4,6,8H2,(H,17,18). The number of hydrogen-bond donors (Lipinski definition) is 1. The molecule has 2 rings (SSSR count). The van der Waals surface area contributed by atoms with E-state index in [9.17, 15) is 9.18 Å². The van der Waals surface area contributed by atoms with E-state index < -0.39 is 17.9 Å². The first-order valence-corrected chi connectivity index (χ1v) is 5.88. The van der Waals surface area contributed by atoms with Gasteiger partial charge in [-0.2, -0.15) is 5.26 Å². The summed E-state index contributed by atoms with van der Waals surface area (Å²) < 4.78 is 19.2. The molecule has 1 aliphatic rings. The Labute approximate surface area is 109 Å². The van der Waals surface area contributed by atoms with Crippen LogP contribution >= 0.6 is 0 Å². The van der Waals surface area contributed by atoms with Crippen LogP contribution in [0.5, 0.6) is 0 Å². The van der Waals surface area contributed by atoms with Crippen molar-refractivity contribution >= 4 is 11.7 Å². The SMILES string of the molecule is N#Cc1ccc(N2CCOC(CC(=O)O)C2)c(F)c1. The highest BCUT2D eigenvalue weighted by Gasteiger charge is 2.24. The average molecular weight is 264 g/mol. The summed E-state index contributed by atoms with van der Waals surface area (Å²) in [4.78, 5) is 12.4. The summed E-state index contributed by atoms with van der Waals surface area (Å²) >= 11 is 0. The fourth-order valence-corrected chi connectivity index (χ4v) is 2.09. The number of nitrogens with zero attached hydrogens (tertiary/aromatic N) is 2. The van der Waals surface area contributed by atoms with E-state index >= 15 is 0 Å². The molecule has 1 unspecified atom stereocenters. The molecule has 100 valence electrons. The molecule has 1 saturated heterocycles. The van der Waals surface area contributed by atoms with Gasteiger partial charge >= 0.3 is 5.97 Å². The molecule has 0 amide bonds. The molecule has 0 aromatic heterocycles. The van der Waals surface area contributed by atoms with Crippen molar-refractivity contribution in [2.24, 2.45) is 0 Å². The lowest BCUT2D eigenvalue weighted by atomic mass is 10.1. The van der Waals surface area contributed by atoms with Crippen LogP contribution in [0, 0.1) is 17.1 Å². The second kappa shape index (κ2) is 5.67. The third kappa shape index (κ3) is 3.20. The molecule has 0 bridgehead atoms. The maximum absolute atomic E-state index is 13.9. The molecule has 1 fully saturated rings. The third-order valence-corrected chi connectivity index (χ3v) is 2.96. The number of aliphatic carboxylic acids is 1. The van der Waals surface area contributed by atoms with Gasteiger partial charge in [0.15, 0.2) is 0 Å². The van der Waals surface area contributed by atoms with Crippen molar-refractivity contribution in [3.05, 3.63) is 29.6 Å². The summed E-state index contributed by atoms with van der Waals surface area (Å²) in [6.07, 6.45) is -0.546. The van der Waals surface area contributed by atoms with Crippen LogP contribution in [0.15, 0.2) is 18.2 Å². The topological polar surface area (TPSA) is 73.6 Å². The van der Waals surface area contributed by atoms with E-state index in [-0.39, 0.29) is 12.0 Å². The van der Waals surface area contributed by atoms with Crippen molar-refractivity contribution < 1.29 is 19.0 Å². The van der Waals surface area contributed by atoms with Crippen molar-refractivity contribution in [1.29, 1.82) is 5.26 Å².